The first-order chi connectivity index (χ1) is 12.2. The summed E-state index contributed by atoms with van der Waals surface area (Å²) in [5.74, 6) is -0.0391. The second kappa shape index (κ2) is 8.77. The van der Waals surface area contributed by atoms with Gasteiger partial charge in [-0.2, -0.15) is 0 Å². The maximum atomic E-state index is 12.5. The molecule has 138 valence electrons. The van der Waals surface area contributed by atoms with Gasteiger partial charge < -0.3 is 14.5 Å². The third-order valence-electron chi connectivity index (χ3n) is 4.90. The summed E-state index contributed by atoms with van der Waals surface area (Å²) in [7, 11) is 0. The lowest BCUT2D eigenvalue weighted by molar-refractivity contribution is -0.137. The number of tetrazole rings is 1. The molecule has 2 fully saturated rings. The van der Waals surface area contributed by atoms with Crippen molar-refractivity contribution in [2.75, 3.05) is 26.2 Å². The van der Waals surface area contributed by atoms with Crippen LogP contribution < -0.4 is 0 Å². The molecule has 1 aromatic heterocycles. The minimum absolute atomic E-state index is 0.0391. The molecule has 25 heavy (non-hydrogen) atoms. The lowest BCUT2D eigenvalue weighted by Gasteiger charge is -2.35. The summed E-state index contributed by atoms with van der Waals surface area (Å²) in [5, 5.41) is 10.8. The molecule has 3 rings (SSSR count). The van der Waals surface area contributed by atoms with Gasteiger partial charge in [0.25, 0.3) is 0 Å². The van der Waals surface area contributed by atoms with Crippen LogP contribution in [0.2, 0.25) is 0 Å². The third-order valence-corrected chi connectivity index (χ3v) is 4.90. The molecule has 2 aliphatic heterocycles. The van der Waals surface area contributed by atoms with Crippen LogP contribution in [-0.4, -0.2) is 74.3 Å². The van der Waals surface area contributed by atoms with Crippen LogP contribution in [0.4, 0.5) is 4.79 Å². The maximum Gasteiger partial charge on any atom is 0.409 e. The third kappa shape index (κ3) is 4.90. The molecule has 0 bridgehead atoms. The van der Waals surface area contributed by atoms with E-state index in [1.165, 1.54) is 23.9 Å². The zero-order valence-corrected chi connectivity index (χ0v) is 14.5. The van der Waals surface area contributed by atoms with Crippen LogP contribution in [0.3, 0.4) is 0 Å². The van der Waals surface area contributed by atoms with Gasteiger partial charge in [-0.1, -0.05) is 12.8 Å². The van der Waals surface area contributed by atoms with E-state index >= 15 is 0 Å². The van der Waals surface area contributed by atoms with Crippen molar-refractivity contribution in [3.05, 3.63) is 6.33 Å². The predicted octanol–water partition coefficient (Wildman–Crippen LogP) is 1.07. The summed E-state index contributed by atoms with van der Waals surface area (Å²) in [6.07, 6.45) is 8.46. The van der Waals surface area contributed by atoms with Crippen LogP contribution in [0.25, 0.3) is 0 Å². The monoisotopic (exact) mass is 350 g/mol. The zero-order valence-electron chi connectivity index (χ0n) is 14.5. The molecule has 1 aromatic rings. The van der Waals surface area contributed by atoms with Crippen LogP contribution in [0, 0.1) is 0 Å². The van der Waals surface area contributed by atoms with Crippen molar-refractivity contribution < 1.29 is 14.3 Å². The van der Waals surface area contributed by atoms with Crippen LogP contribution in [0.15, 0.2) is 6.33 Å². The Morgan fingerprint density at radius 3 is 2.52 bits per heavy atom. The van der Waals surface area contributed by atoms with Gasteiger partial charge in [0, 0.05) is 19.6 Å². The summed E-state index contributed by atoms with van der Waals surface area (Å²) in [6, 6.07) is -0.0614. The van der Waals surface area contributed by atoms with Crippen LogP contribution in [0.5, 0.6) is 0 Å². The molecule has 1 atom stereocenters. The van der Waals surface area contributed by atoms with Crippen LogP contribution >= 0.6 is 0 Å². The van der Waals surface area contributed by atoms with Crippen molar-refractivity contribution in [3.8, 4) is 0 Å². The Balaban J connectivity index is 1.51. The summed E-state index contributed by atoms with van der Waals surface area (Å²) < 4.78 is 6.95. The van der Waals surface area contributed by atoms with Gasteiger partial charge in [-0.25, -0.2) is 9.48 Å². The molecule has 0 radical (unpaired) electrons. The molecule has 1 unspecified atom stereocenters. The minimum Gasteiger partial charge on any atom is -0.447 e. The van der Waals surface area contributed by atoms with E-state index in [0.717, 1.165) is 45.2 Å². The van der Waals surface area contributed by atoms with E-state index in [-0.39, 0.29) is 31.2 Å². The van der Waals surface area contributed by atoms with Gasteiger partial charge in [0.15, 0.2) is 0 Å². The van der Waals surface area contributed by atoms with Gasteiger partial charge in [0.05, 0.1) is 6.04 Å². The van der Waals surface area contributed by atoms with E-state index in [4.69, 9.17) is 4.74 Å². The molecule has 0 saturated carbocycles. The van der Waals surface area contributed by atoms with Gasteiger partial charge in [0.1, 0.15) is 19.5 Å². The molecular weight excluding hydrogens is 324 g/mol. The largest absolute Gasteiger partial charge is 0.447 e. The Kier molecular flexibility index (Phi) is 6.19. The first-order valence-corrected chi connectivity index (χ1v) is 9.16. The fourth-order valence-corrected chi connectivity index (χ4v) is 3.50. The van der Waals surface area contributed by atoms with E-state index in [2.05, 4.69) is 15.5 Å². The number of amides is 2. The Bertz CT molecular complexity index is 556. The molecule has 2 saturated heterocycles. The SMILES string of the molecule is O=C(OCC1CCCCN1C(=O)Cn1cnnn1)N1CCCCCC1. The normalized spacial score (nSPS) is 21.7. The van der Waals surface area contributed by atoms with Crippen molar-refractivity contribution in [1.29, 1.82) is 0 Å². The van der Waals surface area contributed by atoms with E-state index in [9.17, 15) is 9.59 Å². The van der Waals surface area contributed by atoms with Crippen molar-refractivity contribution >= 4 is 12.0 Å². The topological polar surface area (TPSA) is 93.5 Å². The molecule has 0 N–H and O–H groups in total. The summed E-state index contributed by atoms with van der Waals surface area (Å²) in [6.45, 7) is 2.60. The first-order valence-electron chi connectivity index (χ1n) is 9.16. The second-order valence-electron chi connectivity index (χ2n) is 6.72. The van der Waals surface area contributed by atoms with Crippen molar-refractivity contribution in [2.45, 2.75) is 57.5 Å². The highest BCUT2D eigenvalue weighted by Gasteiger charge is 2.29. The van der Waals surface area contributed by atoms with Gasteiger partial charge >= 0.3 is 6.09 Å². The van der Waals surface area contributed by atoms with Gasteiger partial charge in [-0.05, 0) is 42.5 Å². The fourth-order valence-electron chi connectivity index (χ4n) is 3.50. The molecule has 0 aliphatic carbocycles. The molecule has 2 aliphatic rings. The number of hydrogen-bond acceptors (Lipinski definition) is 6. The summed E-state index contributed by atoms with van der Waals surface area (Å²) >= 11 is 0. The molecule has 9 nitrogen and oxygen atoms in total. The highest BCUT2D eigenvalue weighted by molar-refractivity contribution is 5.76. The van der Waals surface area contributed by atoms with Gasteiger partial charge in [-0.3, -0.25) is 4.79 Å². The lowest BCUT2D eigenvalue weighted by atomic mass is 10.0. The van der Waals surface area contributed by atoms with Crippen LogP contribution in [0.1, 0.15) is 44.9 Å². The van der Waals surface area contributed by atoms with E-state index < -0.39 is 0 Å². The van der Waals surface area contributed by atoms with Crippen LogP contribution in [-0.2, 0) is 16.1 Å². The van der Waals surface area contributed by atoms with Crippen molar-refractivity contribution in [1.82, 2.24) is 30.0 Å². The summed E-state index contributed by atoms with van der Waals surface area (Å²) in [5.41, 5.74) is 0. The number of carbonyl (C=O) groups is 2. The molecular formula is C16H26N6O3. The lowest BCUT2D eigenvalue weighted by Crippen LogP contribution is -2.48. The first kappa shape index (κ1) is 17.6. The molecule has 0 spiro atoms. The standard InChI is InChI=1S/C16H26N6O3/c23-15(11-21-13-17-18-19-21)22-10-6-3-7-14(22)12-25-16(24)20-8-4-1-2-5-9-20/h13-14H,1-12H2. The Hall–Kier alpha value is -2.19. The van der Waals surface area contributed by atoms with E-state index in [0.29, 0.717) is 6.54 Å². The molecule has 3 heterocycles. The number of aromatic nitrogens is 4. The molecule has 2 amide bonds. The highest BCUT2D eigenvalue weighted by atomic mass is 16.6. The number of likely N-dealkylation sites (tertiary alicyclic amines) is 2. The van der Waals surface area contributed by atoms with Crippen molar-refractivity contribution in [3.63, 3.8) is 0 Å². The average Bonchev–Trinajstić information content (AvgIpc) is 2.99. The highest BCUT2D eigenvalue weighted by Crippen LogP contribution is 2.19. The minimum atomic E-state index is -0.250. The van der Waals surface area contributed by atoms with Crippen molar-refractivity contribution in [2.24, 2.45) is 0 Å². The van der Waals surface area contributed by atoms with E-state index in [1.54, 1.807) is 9.80 Å². The predicted molar refractivity (Wildman–Crippen MR) is 88.6 cm³/mol. The number of rotatable bonds is 4. The fraction of sp³-hybridized carbons (Fsp3) is 0.812. The number of piperidine rings is 1. The van der Waals surface area contributed by atoms with Gasteiger partial charge in [-0.15, -0.1) is 5.10 Å². The summed E-state index contributed by atoms with van der Waals surface area (Å²) in [4.78, 5) is 28.4. The number of hydrogen-bond donors (Lipinski definition) is 0. The molecule has 9 heteroatoms. The average molecular weight is 350 g/mol. The zero-order chi connectivity index (χ0) is 17.5. The van der Waals surface area contributed by atoms with E-state index in [1.807, 2.05) is 0 Å². The second-order valence-corrected chi connectivity index (χ2v) is 6.72. The number of carbonyl (C=O) groups excluding carboxylic acids is 2. The molecule has 0 aromatic carbocycles. The maximum absolute atomic E-state index is 12.5. The number of ether oxygens (including phenoxy) is 1. The van der Waals surface area contributed by atoms with Gasteiger partial charge in [0.2, 0.25) is 5.91 Å². The quantitative estimate of drug-likeness (QED) is 0.806. The Labute approximate surface area is 147 Å². The smallest absolute Gasteiger partial charge is 0.409 e. The Morgan fingerprint density at radius 1 is 1.04 bits per heavy atom. The Morgan fingerprint density at radius 2 is 1.80 bits per heavy atom. The number of nitrogens with zero attached hydrogens (tertiary/aromatic N) is 6.